The molecular weight excluding hydrogens is 277 g/mol. The second-order valence-corrected chi connectivity index (χ2v) is 5.81. The van der Waals surface area contributed by atoms with Gasteiger partial charge < -0.3 is 9.84 Å². The Morgan fingerprint density at radius 2 is 2.11 bits per heavy atom. The van der Waals surface area contributed by atoms with Crippen molar-refractivity contribution in [3.63, 3.8) is 0 Å². The number of halogens is 1. The minimum absolute atomic E-state index is 0.154. The van der Waals surface area contributed by atoms with Crippen LogP contribution >= 0.6 is 0 Å². The van der Waals surface area contributed by atoms with E-state index in [-0.39, 0.29) is 23.6 Å². The highest BCUT2D eigenvalue weighted by molar-refractivity contribution is 7.89. The van der Waals surface area contributed by atoms with Gasteiger partial charge in [-0.3, -0.25) is 4.79 Å². The van der Waals surface area contributed by atoms with Crippen LogP contribution in [0.4, 0.5) is 4.39 Å². The summed E-state index contributed by atoms with van der Waals surface area (Å²) in [5.41, 5.74) is 0. The number of rotatable bonds is 6. The second kappa shape index (κ2) is 5.98. The molecule has 6 nitrogen and oxygen atoms in total. The number of ether oxygens (including phenoxy) is 1. The molecule has 0 fully saturated rings. The number of carboxylic acid groups (broad SMARTS) is 1. The third kappa shape index (κ3) is 3.65. The average Bonchev–Trinajstić information content (AvgIpc) is 2.35. The highest BCUT2D eigenvalue weighted by atomic mass is 32.2. The number of carbonyl (C=O) groups is 1. The van der Waals surface area contributed by atoms with E-state index in [1.165, 1.54) is 14.2 Å². The fourth-order valence-electron chi connectivity index (χ4n) is 1.35. The molecule has 0 bridgehead atoms. The molecule has 0 unspecified atom stereocenters. The zero-order chi connectivity index (χ0) is 14.6. The maximum absolute atomic E-state index is 13.2. The molecule has 8 heteroatoms. The van der Waals surface area contributed by atoms with E-state index >= 15 is 0 Å². The standard InChI is InChI=1S/C11H14FNO5S/c1-13(6-5-11(14)15)19(16,17)8-3-4-9(12)10(7-8)18-2/h3-4,7H,5-6H2,1-2H3,(H,14,15). The Morgan fingerprint density at radius 1 is 1.47 bits per heavy atom. The second-order valence-electron chi connectivity index (χ2n) is 3.77. The summed E-state index contributed by atoms with van der Waals surface area (Å²) < 4.78 is 43.0. The first-order valence-electron chi connectivity index (χ1n) is 5.30. The van der Waals surface area contributed by atoms with Crippen molar-refractivity contribution < 1.29 is 27.4 Å². The Labute approximate surface area is 110 Å². The van der Waals surface area contributed by atoms with Gasteiger partial charge in [-0.1, -0.05) is 0 Å². The first-order chi connectivity index (χ1) is 8.78. The number of carboxylic acids is 1. The van der Waals surface area contributed by atoms with E-state index in [9.17, 15) is 17.6 Å². The van der Waals surface area contributed by atoms with Crippen molar-refractivity contribution in [1.82, 2.24) is 4.31 Å². The summed E-state index contributed by atoms with van der Waals surface area (Å²) in [5.74, 6) is -1.96. The molecule has 0 radical (unpaired) electrons. The van der Waals surface area contributed by atoms with Crippen LogP contribution in [0.2, 0.25) is 0 Å². The van der Waals surface area contributed by atoms with Crippen LogP contribution in [0.15, 0.2) is 23.1 Å². The summed E-state index contributed by atoms with van der Waals surface area (Å²) >= 11 is 0. The van der Waals surface area contributed by atoms with Gasteiger partial charge in [-0.15, -0.1) is 0 Å². The molecule has 106 valence electrons. The largest absolute Gasteiger partial charge is 0.494 e. The van der Waals surface area contributed by atoms with E-state index in [2.05, 4.69) is 0 Å². The molecule has 1 aromatic carbocycles. The summed E-state index contributed by atoms with van der Waals surface area (Å²) in [6.45, 7) is -0.169. The van der Waals surface area contributed by atoms with E-state index < -0.39 is 21.8 Å². The quantitative estimate of drug-likeness (QED) is 0.843. The third-order valence-corrected chi connectivity index (χ3v) is 4.32. The van der Waals surface area contributed by atoms with Crippen molar-refractivity contribution in [2.45, 2.75) is 11.3 Å². The minimum Gasteiger partial charge on any atom is -0.494 e. The summed E-state index contributed by atoms with van der Waals surface area (Å²) in [4.78, 5) is 10.3. The predicted molar refractivity (Wildman–Crippen MR) is 65.0 cm³/mol. The summed E-state index contributed by atoms with van der Waals surface area (Å²) in [7, 11) is -1.38. The molecule has 1 rings (SSSR count). The number of sulfonamides is 1. The summed E-state index contributed by atoms with van der Waals surface area (Å²) in [5, 5.41) is 8.53. The Hall–Kier alpha value is -1.67. The maximum Gasteiger partial charge on any atom is 0.304 e. The van der Waals surface area contributed by atoms with Crippen LogP contribution in [-0.4, -0.2) is 44.5 Å². The van der Waals surface area contributed by atoms with Crippen molar-refractivity contribution in [1.29, 1.82) is 0 Å². The van der Waals surface area contributed by atoms with E-state index in [1.807, 2.05) is 0 Å². The SMILES string of the molecule is COc1cc(S(=O)(=O)N(C)CCC(=O)O)ccc1F. The van der Waals surface area contributed by atoms with Crippen LogP contribution in [0.1, 0.15) is 6.42 Å². The van der Waals surface area contributed by atoms with Gasteiger partial charge in [-0.2, -0.15) is 0 Å². The highest BCUT2D eigenvalue weighted by Crippen LogP contribution is 2.23. The Kier molecular flexibility index (Phi) is 4.84. The van der Waals surface area contributed by atoms with Gasteiger partial charge in [0.2, 0.25) is 10.0 Å². The summed E-state index contributed by atoms with van der Waals surface area (Å²) in [6, 6.07) is 3.14. The molecule has 1 N–H and O–H groups in total. The van der Waals surface area contributed by atoms with E-state index in [4.69, 9.17) is 9.84 Å². The van der Waals surface area contributed by atoms with Crippen molar-refractivity contribution >= 4 is 16.0 Å². The number of benzene rings is 1. The van der Waals surface area contributed by atoms with Crippen molar-refractivity contribution in [3.05, 3.63) is 24.0 Å². The van der Waals surface area contributed by atoms with E-state index in [0.717, 1.165) is 22.5 Å². The lowest BCUT2D eigenvalue weighted by molar-refractivity contribution is -0.137. The van der Waals surface area contributed by atoms with Gasteiger partial charge in [-0.05, 0) is 12.1 Å². The first kappa shape index (κ1) is 15.4. The molecule has 19 heavy (non-hydrogen) atoms. The van der Waals surface area contributed by atoms with E-state index in [0.29, 0.717) is 0 Å². The topological polar surface area (TPSA) is 83.9 Å². The number of nitrogens with zero attached hydrogens (tertiary/aromatic N) is 1. The molecule has 0 aliphatic carbocycles. The van der Waals surface area contributed by atoms with Gasteiger partial charge in [0.25, 0.3) is 0 Å². The van der Waals surface area contributed by atoms with Crippen molar-refractivity contribution in [2.75, 3.05) is 20.7 Å². The van der Waals surface area contributed by atoms with Gasteiger partial charge in [0, 0.05) is 19.7 Å². The van der Waals surface area contributed by atoms with Crippen LogP contribution in [0.25, 0.3) is 0 Å². The van der Waals surface area contributed by atoms with Gasteiger partial charge in [0.1, 0.15) is 0 Å². The predicted octanol–water partition coefficient (Wildman–Crippen LogP) is 0.929. The molecule has 0 saturated carbocycles. The fraction of sp³-hybridized carbons (Fsp3) is 0.364. The fourth-order valence-corrected chi connectivity index (χ4v) is 2.54. The maximum atomic E-state index is 13.2. The van der Waals surface area contributed by atoms with Crippen LogP contribution in [-0.2, 0) is 14.8 Å². The monoisotopic (exact) mass is 291 g/mol. The summed E-state index contributed by atoms with van der Waals surface area (Å²) in [6.07, 6.45) is -0.311. The van der Waals surface area contributed by atoms with Crippen molar-refractivity contribution in [2.24, 2.45) is 0 Å². The molecule has 0 amide bonds. The average molecular weight is 291 g/mol. The molecule has 0 heterocycles. The van der Waals surface area contributed by atoms with Gasteiger partial charge in [0.15, 0.2) is 11.6 Å². The van der Waals surface area contributed by atoms with Crippen molar-refractivity contribution in [3.8, 4) is 5.75 Å². The molecule has 0 aliphatic heterocycles. The molecule has 0 aliphatic rings. The molecule has 0 aromatic heterocycles. The van der Waals surface area contributed by atoms with Crippen LogP contribution in [0, 0.1) is 5.82 Å². The zero-order valence-corrected chi connectivity index (χ0v) is 11.3. The Bertz CT molecular complexity index is 572. The normalized spacial score (nSPS) is 11.6. The van der Waals surface area contributed by atoms with Crippen LogP contribution < -0.4 is 4.74 Å². The van der Waals surface area contributed by atoms with E-state index in [1.54, 1.807) is 0 Å². The van der Waals surface area contributed by atoms with Crippen LogP contribution in [0.3, 0.4) is 0 Å². The lowest BCUT2D eigenvalue weighted by Crippen LogP contribution is -2.29. The smallest absolute Gasteiger partial charge is 0.304 e. The van der Waals surface area contributed by atoms with Gasteiger partial charge in [0.05, 0.1) is 18.4 Å². The Morgan fingerprint density at radius 3 is 2.63 bits per heavy atom. The number of methoxy groups -OCH3 is 1. The molecule has 0 atom stereocenters. The number of hydrogen-bond acceptors (Lipinski definition) is 4. The molecular formula is C11H14FNO5S. The van der Waals surface area contributed by atoms with Gasteiger partial charge >= 0.3 is 5.97 Å². The van der Waals surface area contributed by atoms with Crippen LogP contribution in [0.5, 0.6) is 5.75 Å². The number of aliphatic carboxylic acids is 1. The molecule has 1 aromatic rings. The third-order valence-electron chi connectivity index (χ3n) is 2.47. The first-order valence-corrected chi connectivity index (χ1v) is 6.74. The van der Waals surface area contributed by atoms with Gasteiger partial charge in [-0.25, -0.2) is 17.1 Å². The zero-order valence-electron chi connectivity index (χ0n) is 10.5. The number of hydrogen-bond donors (Lipinski definition) is 1. The lowest BCUT2D eigenvalue weighted by atomic mass is 10.3. The molecule has 0 saturated heterocycles. The molecule has 0 spiro atoms. The minimum atomic E-state index is -3.86. The Balaban J connectivity index is 3.02. The lowest BCUT2D eigenvalue weighted by Gasteiger charge is -2.16. The highest BCUT2D eigenvalue weighted by Gasteiger charge is 2.22.